The first kappa shape index (κ1) is 11.9. The van der Waals surface area contributed by atoms with Crippen LogP contribution in [0.2, 0.25) is 0 Å². The van der Waals surface area contributed by atoms with E-state index in [0.29, 0.717) is 13.2 Å². The second-order valence-corrected chi connectivity index (χ2v) is 4.12. The number of hydrogen-bond acceptors (Lipinski definition) is 4. The van der Waals surface area contributed by atoms with Crippen molar-refractivity contribution in [2.24, 2.45) is 0 Å². The van der Waals surface area contributed by atoms with E-state index in [9.17, 15) is 0 Å². The summed E-state index contributed by atoms with van der Waals surface area (Å²) in [5, 5.41) is 12.1. The van der Waals surface area contributed by atoms with Crippen LogP contribution in [0.5, 0.6) is 0 Å². The summed E-state index contributed by atoms with van der Waals surface area (Å²) in [7, 11) is 1.83. The van der Waals surface area contributed by atoms with Crippen molar-refractivity contribution >= 4 is 0 Å². The van der Waals surface area contributed by atoms with Crippen LogP contribution in [-0.2, 0) is 9.47 Å². The van der Waals surface area contributed by atoms with E-state index in [1.54, 1.807) is 0 Å². The second-order valence-electron chi connectivity index (χ2n) is 4.12. The summed E-state index contributed by atoms with van der Waals surface area (Å²) < 4.78 is 10.9. The first-order valence-corrected chi connectivity index (χ1v) is 5.19. The van der Waals surface area contributed by atoms with Crippen molar-refractivity contribution in [2.45, 2.75) is 31.4 Å². The smallest absolute Gasteiger partial charge is 0.0809 e. The van der Waals surface area contributed by atoms with Crippen LogP contribution in [0.1, 0.15) is 19.8 Å². The molecule has 0 bridgehead atoms. The number of hydrogen-bond donors (Lipinski definition) is 2. The Morgan fingerprint density at radius 3 is 2.93 bits per heavy atom. The number of aliphatic hydroxyl groups excluding tert-OH is 1. The van der Waals surface area contributed by atoms with Crippen molar-refractivity contribution < 1.29 is 14.6 Å². The maximum Gasteiger partial charge on any atom is 0.0809 e. The standard InChI is InChI=1S/C10H21NO3/c1-10(7-12,11-2)8-13-6-9-4-3-5-14-9/h9,11-12H,3-8H2,1-2H3. The van der Waals surface area contributed by atoms with Gasteiger partial charge in [0, 0.05) is 6.61 Å². The highest BCUT2D eigenvalue weighted by Gasteiger charge is 2.22. The van der Waals surface area contributed by atoms with Crippen LogP contribution in [0.4, 0.5) is 0 Å². The van der Waals surface area contributed by atoms with Crippen LogP contribution in [0, 0.1) is 0 Å². The Kier molecular flexibility index (Phi) is 4.81. The van der Waals surface area contributed by atoms with E-state index in [0.717, 1.165) is 19.4 Å². The Morgan fingerprint density at radius 2 is 2.43 bits per heavy atom. The fraction of sp³-hybridized carbons (Fsp3) is 1.00. The van der Waals surface area contributed by atoms with Gasteiger partial charge in [0.15, 0.2) is 0 Å². The Labute approximate surface area is 85.6 Å². The zero-order valence-corrected chi connectivity index (χ0v) is 9.08. The van der Waals surface area contributed by atoms with Gasteiger partial charge in [0.25, 0.3) is 0 Å². The van der Waals surface area contributed by atoms with E-state index in [1.165, 1.54) is 0 Å². The van der Waals surface area contributed by atoms with Crippen LogP contribution in [0.3, 0.4) is 0 Å². The lowest BCUT2D eigenvalue weighted by Crippen LogP contribution is -2.48. The number of nitrogens with one attached hydrogen (secondary N) is 1. The molecule has 1 heterocycles. The first-order valence-electron chi connectivity index (χ1n) is 5.19. The largest absolute Gasteiger partial charge is 0.394 e. The fourth-order valence-electron chi connectivity index (χ4n) is 1.39. The number of likely N-dealkylation sites (N-methyl/N-ethyl adjacent to an activating group) is 1. The van der Waals surface area contributed by atoms with Gasteiger partial charge >= 0.3 is 0 Å². The molecule has 1 aliphatic rings. The summed E-state index contributed by atoms with van der Waals surface area (Å²) in [4.78, 5) is 0. The van der Waals surface area contributed by atoms with Gasteiger partial charge in [-0.05, 0) is 26.8 Å². The molecule has 0 amide bonds. The Morgan fingerprint density at radius 1 is 1.64 bits per heavy atom. The average molecular weight is 203 g/mol. The molecule has 0 aromatic carbocycles. The van der Waals surface area contributed by atoms with Gasteiger partial charge in [-0.1, -0.05) is 0 Å². The van der Waals surface area contributed by atoms with Crippen LogP contribution in [-0.4, -0.2) is 50.2 Å². The molecule has 84 valence electrons. The molecule has 2 N–H and O–H groups in total. The third-order valence-corrected chi connectivity index (χ3v) is 2.70. The molecule has 0 spiro atoms. The minimum Gasteiger partial charge on any atom is -0.394 e. The van der Waals surface area contributed by atoms with Gasteiger partial charge in [-0.15, -0.1) is 0 Å². The van der Waals surface area contributed by atoms with Gasteiger partial charge in [0.1, 0.15) is 0 Å². The predicted molar refractivity (Wildman–Crippen MR) is 54.3 cm³/mol. The second kappa shape index (κ2) is 5.66. The molecule has 0 aliphatic carbocycles. The highest BCUT2D eigenvalue weighted by atomic mass is 16.5. The average Bonchev–Trinajstić information content (AvgIpc) is 2.70. The maximum atomic E-state index is 9.10. The number of aliphatic hydroxyl groups is 1. The van der Waals surface area contributed by atoms with Crippen LogP contribution in [0.15, 0.2) is 0 Å². The van der Waals surface area contributed by atoms with E-state index in [2.05, 4.69) is 5.32 Å². The lowest BCUT2D eigenvalue weighted by Gasteiger charge is -2.26. The van der Waals surface area contributed by atoms with Gasteiger partial charge in [0.2, 0.25) is 0 Å². The highest BCUT2D eigenvalue weighted by molar-refractivity contribution is 4.80. The Bertz CT molecular complexity index is 153. The Hall–Kier alpha value is -0.160. The molecule has 0 aromatic rings. The molecule has 14 heavy (non-hydrogen) atoms. The van der Waals surface area contributed by atoms with Crippen LogP contribution < -0.4 is 5.32 Å². The SMILES string of the molecule is CNC(C)(CO)COCC1CCCO1. The normalized spacial score (nSPS) is 26.4. The molecule has 0 radical (unpaired) electrons. The third-order valence-electron chi connectivity index (χ3n) is 2.70. The molecule has 4 heteroatoms. The first-order chi connectivity index (χ1) is 6.70. The van der Waals surface area contributed by atoms with Crippen molar-refractivity contribution in [2.75, 3.05) is 33.5 Å². The summed E-state index contributed by atoms with van der Waals surface area (Å²) in [5.41, 5.74) is -0.335. The van der Waals surface area contributed by atoms with E-state index in [4.69, 9.17) is 14.6 Å². The van der Waals surface area contributed by atoms with Crippen molar-refractivity contribution in [3.63, 3.8) is 0 Å². The van der Waals surface area contributed by atoms with Gasteiger partial charge in [-0.3, -0.25) is 0 Å². The predicted octanol–water partition coefficient (Wildman–Crippen LogP) is 0.152. The van der Waals surface area contributed by atoms with Gasteiger partial charge in [-0.2, -0.15) is 0 Å². The summed E-state index contributed by atoms with van der Waals surface area (Å²) in [6.45, 7) is 4.02. The monoisotopic (exact) mass is 203 g/mol. The van der Waals surface area contributed by atoms with Crippen molar-refractivity contribution in [1.82, 2.24) is 5.32 Å². The van der Waals surface area contributed by atoms with Gasteiger partial charge < -0.3 is 19.9 Å². The summed E-state index contributed by atoms with van der Waals surface area (Å²) in [6, 6.07) is 0. The quantitative estimate of drug-likeness (QED) is 0.645. The van der Waals surface area contributed by atoms with Crippen molar-refractivity contribution in [3.05, 3.63) is 0 Å². The summed E-state index contributed by atoms with van der Waals surface area (Å²) in [6.07, 6.45) is 2.49. The molecular formula is C10H21NO3. The minimum atomic E-state index is -0.335. The molecule has 0 aromatic heterocycles. The molecule has 2 atom stereocenters. The summed E-state index contributed by atoms with van der Waals surface area (Å²) >= 11 is 0. The molecule has 1 rings (SSSR count). The van der Waals surface area contributed by atoms with Crippen molar-refractivity contribution in [1.29, 1.82) is 0 Å². The summed E-state index contributed by atoms with van der Waals surface area (Å²) in [5.74, 6) is 0. The highest BCUT2D eigenvalue weighted by Crippen LogP contribution is 2.12. The number of ether oxygens (including phenoxy) is 2. The van der Waals surface area contributed by atoms with E-state index < -0.39 is 0 Å². The third kappa shape index (κ3) is 3.53. The number of rotatable bonds is 6. The van der Waals surface area contributed by atoms with Gasteiger partial charge in [-0.25, -0.2) is 0 Å². The lowest BCUT2D eigenvalue weighted by atomic mass is 10.1. The topological polar surface area (TPSA) is 50.7 Å². The molecule has 0 saturated carbocycles. The lowest BCUT2D eigenvalue weighted by molar-refractivity contribution is -0.0118. The Balaban J connectivity index is 2.12. The van der Waals surface area contributed by atoms with Gasteiger partial charge in [0.05, 0.1) is 31.5 Å². The minimum absolute atomic E-state index is 0.0784. The molecule has 4 nitrogen and oxygen atoms in total. The van der Waals surface area contributed by atoms with E-state index >= 15 is 0 Å². The zero-order chi connectivity index (χ0) is 10.4. The molecular weight excluding hydrogens is 182 g/mol. The van der Waals surface area contributed by atoms with Crippen molar-refractivity contribution in [3.8, 4) is 0 Å². The maximum absolute atomic E-state index is 9.10. The molecule has 1 fully saturated rings. The van der Waals surface area contributed by atoms with Crippen LogP contribution >= 0.6 is 0 Å². The van der Waals surface area contributed by atoms with E-state index in [1.807, 2.05) is 14.0 Å². The van der Waals surface area contributed by atoms with Crippen LogP contribution in [0.25, 0.3) is 0 Å². The zero-order valence-electron chi connectivity index (χ0n) is 9.08. The fourth-order valence-corrected chi connectivity index (χ4v) is 1.39. The molecule has 1 aliphatic heterocycles. The van der Waals surface area contributed by atoms with E-state index in [-0.39, 0.29) is 18.2 Å². The molecule has 1 saturated heterocycles. The molecule has 2 unspecified atom stereocenters.